The second-order valence-corrected chi connectivity index (χ2v) is 12.7. The van der Waals surface area contributed by atoms with Crippen molar-refractivity contribution in [2.75, 3.05) is 4.90 Å². The first-order valence-corrected chi connectivity index (χ1v) is 15.5. The van der Waals surface area contributed by atoms with E-state index in [1.807, 2.05) is 36.4 Å². The van der Waals surface area contributed by atoms with E-state index in [1.165, 1.54) is 37.7 Å². The van der Waals surface area contributed by atoms with Gasteiger partial charge in [0.05, 0.1) is 14.5 Å². The predicted molar refractivity (Wildman–Crippen MR) is 174 cm³/mol. The van der Waals surface area contributed by atoms with Crippen LogP contribution in [0.3, 0.4) is 0 Å². The first kappa shape index (κ1) is 25.6. The van der Waals surface area contributed by atoms with E-state index in [-0.39, 0.29) is 5.82 Å². The van der Waals surface area contributed by atoms with Gasteiger partial charge >= 0.3 is 0 Å². The lowest BCUT2D eigenvalue weighted by Gasteiger charge is -2.25. The number of anilines is 3. The van der Waals surface area contributed by atoms with Gasteiger partial charge in [0.25, 0.3) is 0 Å². The molecule has 0 atom stereocenters. The maximum Gasteiger partial charge on any atom is 0.160 e. The Labute approximate surface area is 249 Å². The fourth-order valence-electron chi connectivity index (χ4n) is 5.00. The summed E-state index contributed by atoms with van der Waals surface area (Å²) in [4.78, 5) is 17.7. The van der Waals surface area contributed by atoms with E-state index in [9.17, 15) is 9.18 Å². The summed E-state index contributed by atoms with van der Waals surface area (Å²) < 4.78 is 16.2. The monoisotopic (exact) mass is 587 g/mol. The molecule has 0 radical (unpaired) electrons. The number of aldehydes is 1. The molecule has 0 aliphatic heterocycles. The third-order valence-corrected chi connectivity index (χ3v) is 10.6. The Balaban J connectivity index is 1.30. The van der Waals surface area contributed by atoms with Gasteiger partial charge in [-0.1, -0.05) is 60.7 Å². The lowest BCUT2D eigenvalue weighted by molar-refractivity contribution is 0.112. The molecule has 3 heterocycles. The van der Waals surface area contributed by atoms with Crippen molar-refractivity contribution >= 4 is 66.8 Å². The fraction of sp³-hybridized carbons (Fsp3) is 0. The van der Waals surface area contributed by atoms with Gasteiger partial charge in [-0.3, -0.25) is 4.79 Å². The molecule has 2 nitrogen and oxygen atoms in total. The molecule has 198 valence electrons. The van der Waals surface area contributed by atoms with Gasteiger partial charge in [-0.15, -0.1) is 34.0 Å². The lowest BCUT2D eigenvalue weighted by Crippen LogP contribution is -2.09. The maximum absolute atomic E-state index is 13.8. The van der Waals surface area contributed by atoms with Crippen molar-refractivity contribution in [2.45, 2.75) is 0 Å². The molecule has 0 amide bonds. The van der Waals surface area contributed by atoms with Crippen LogP contribution in [0.15, 0.2) is 127 Å². The van der Waals surface area contributed by atoms with Crippen LogP contribution in [0.4, 0.5) is 21.5 Å². The van der Waals surface area contributed by atoms with Crippen LogP contribution in [-0.4, -0.2) is 6.29 Å². The van der Waals surface area contributed by atoms with Crippen LogP contribution >= 0.6 is 34.0 Å². The number of para-hydroxylation sites is 2. The minimum Gasteiger partial charge on any atom is -0.311 e. The molecule has 7 aromatic rings. The van der Waals surface area contributed by atoms with Crippen LogP contribution in [0.1, 0.15) is 9.67 Å². The lowest BCUT2D eigenvalue weighted by atomic mass is 10.1. The van der Waals surface area contributed by atoms with Crippen LogP contribution in [0.5, 0.6) is 0 Å². The quantitative estimate of drug-likeness (QED) is 0.173. The van der Waals surface area contributed by atoms with Gasteiger partial charge < -0.3 is 4.90 Å². The highest BCUT2D eigenvalue weighted by Gasteiger charge is 2.21. The molecule has 0 aliphatic carbocycles. The van der Waals surface area contributed by atoms with Gasteiger partial charge in [0, 0.05) is 37.1 Å². The SMILES string of the molecule is O=Cc1ccc(-c2sc3cc(-c4ccc(N(c5ccccc5)c5ccccc5)cc4)sc3c2-c2ccc(F)cc2)s1. The molecule has 3 aromatic heterocycles. The van der Waals surface area contributed by atoms with E-state index in [2.05, 4.69) is 83.8 Å². The van der Waals surface area contributed by atoms with E-state index < -0.39 is 0 Å². The Bertz CT molecular complexity index is 1910. The summed E-state index contributed by atoms with van der Waals surface area (Å²) in [5.74, 6) is -0.256. The summed E-state index contributed by atoms with van der Waals surface area (Å²) in [5.41, 5.74) is 6.50. The number of fused-ring (bicyclic) bond motifs is 1. The molecular weight excluding hydrogens is 566 g/mol. The van der Waals surface area contributed by atoms with Crippen LogP contribution < -0.4 is 4.90 Å². The van der Waals surface area contributed by atoms with Crippen molar-refractivity contribution in [1.29, 1.82) is 0 Å². The second-order valence-electron chi connectivity index (χ2n) is 9.49. The Morgan fingerprint density at radius 3 is 1.80 bits per heavy atom. The third kappa shape index (κ3) is 4.91. The number of hydrogen-bond acceptors (Lipinski definition) is 5. The summed E-state index contributed by atoms with van der Waals surface area (Å²) in [6.07, 6.45) is 0.889. The fourth-order valence-corrected chi connectivity index (χ4v) is 8.62. The molecule has 6 heteroatoms. The van der Waals surface area contributed by atoms with Crippen molar-refractivity contribution in [2.24, 2.45) is 0 Å². The molecule has 0 bridgehead atoms. The molecular formula is C35H22FNOS3. The highest BCUT2D eigenvalue weighted by molar-refractivity contribution is 7.33. The van der Waals surface area contributed by atoms with E-state index in [0.717, 1.165) is 49.8 Å². The average Bonchev–Trinajstić information content (AvgIpc) is 3.74. The number of halogens is 1. The van der Waals surface area contributed by atoms with Crippen LogP contribution in [0, 0.1) is 5.82 Å². The number of rotatable bonds is 7. The topological polar surface area (TPSA) is 20.3 Å². The Morgan fingerprint density at radius 2 is 1.20 bits per heavy atom. The summed E-state index contributed by atoms with van der Waals surface area (Å²) in [5, 5.41) is 0. The van der Waals surface area contributed by atoms with Crippen LogP contribution in [0.25, 0.3) is 40.7 Å². The van der Waals surface area contributed by atoms with Gasteiger partial charge in [-0.05, 0) is 77.9 Å². The van der Waals surface area contributed by atoms with Crippen molar-refractivity contribution in [3.8, 4) is 31.3 Å². The molecule has 0 saturated heterocycles. The van der Waals surface area contributed by atoms with Crippen LogP contribution in [-0.2, 0) is 0 Å². The third-order valence-electron chi connectivity index (χ3n) is 6.90. The highest BCUT2D eigenvalue weighted by Crippen LogP contribution is 2.51. The number of thiophene rings is 3. The van der Waals surface area contributed by atoms with Crippen molar-refractivity contribution in [3.63, 3.8) is 0 Å². The molecule has 4 aromatic carbocycles. The number of carbonyl (C=O) groups is 1. The number of benzene rings is 4. The van der Waals surface area contributed by atoms with Gasteiger partial charge in [0.1, 0.15) is 5.82 Å². The second kappa shape index (κ2) is 10.9. The van der Waals surface area contributed by atoms with E-state index >= 15 is 0 Å². The minimum atomic E-state index is -0.256. The van der Waals surface area contributed by atoms with Gasteiger partial charge in [0.15, 0.2) is 6.29 Å². The summed E-state index contributed by atoms with van der Waals surface area (Å²) in [6.45, 7) is 0. The molecule has 0 saturated carbocycles. The van der Waals surface area contributed by atoms with E-state index in [4.69, 9.17) is 0 Å². The highest BCUT2D eigenvalue weighted by atomic mass is 32.1. The molecule has 0 fully saturated rings. The van der Waals surface area contributed by atoms with E-state index in [1.54, 1.807) is 22.7 Å². The van der Waals surface area contributed by atoms with E-state index in [0.29, 0.717) is 4.88 Å². The molecule has 41 heavy (non-hydrogen) atoms. The van der Waals surface area contributed by atoms with Crippen molar-refractivity contribution in [3.05, 3.63) is 138 Å². The molecule has 0 spiro atoms. The van der Waals surface area contributed by atoms with Crippen LogP contribution in [0.2, 0.25) is 0 Å². The summed E-state index contributed by atoms with van der Waals surface area (Å²) in [7, 11) is 0. The molecule has 0 N–H and O–H groups in total. The number of nitrogens with zero attached hydrogens (tertiary/aromatic N) is 1. The van der Waals surface area contributed by atoms with Gasteiger partial charge in [-0.2, -0.15) is 0 Å². The van der Waals surface area contributed by atoms with Gasteiger partial charge in [-0.25, -0.2) is 4.39 Å². The zero-order valence-electron chi connectivity index (χ0n) is 21.7. The maximum atomic E-state index is 13.8. The summed E-state index contributed by atoms with van der Waals surface area (Å²) >= 11 is 4.96. The molecule has 0 unspecified atom stereocenters. The van der Waals surface area contributed by atoms with Crippen molar-refractivity contribution < 1.29 is 9.18 Å². The Kier molecular flexibility index (Phi) is 6.80. The zero-order valence-corrected chi connectivity index (χ0v) is 24.1. The standard InChI is InChI=1S/C35H22FNOS3/c36-25-15-11-24(12-16-25)33-34(30-20-19-29(22-38)39-30)41-32-21-31(40-35(32)33)23-13-17-28(18-14-23)37(26-7-3-1-4-8-26)27-9-5-2-6-10-27/h1-22H. The first-order chi connectivity index (χ1) is 20.2. The first-order valence-electron chi connectivity index (χ1n) is 13.1. The smallest absolute Gasteiger partial charge is 0.160 e. The number of hydrogen-bond donors (Lipinski definition) is 0. The molecule has 7 rings (SSSR count). The normalized spacial score (nSPS) is 11.1. The Morgan fingerprint density at radius 1 is 0.585 bits per heavy atom. The zero-order chi connectivity index (χ0) is 27.8. The number of carbonyl (C=O) groups excluding carboxylic acids is 1. The largest absolute Gasteiger partial charge is 0.311 e. The average molecular weight is 588 g/mol. The Hall–Kier alpha value is -4.36. The molecule has 0 aliphatic rings. The summed E-state index contributed by atoms with van der Waals surface area (Å²) in [6, 6.07) is 42.3. The minimum absolute atomic E-state index is 0.256. The predicted octanol–water partition coefficient (Wildman–Crippen LogP) is 11.4. The van der Waals surface area contributed by atoms with Gasteiger partial charge in [0.2, 0.25) is 0 Å². The van der Waals surface area contributed by atoms with Crippen molar-refractivity contribution in [1.82, 2.24) is 0 Å².